The second kappa shape index (κ2) is 7.40. The summed E-state index contributed by atoms with van der Waals surface area (Å²) < 4.78 is 0. The van der Waals surface area contributed by atoms with Crippen molar-refractivity contribution in [2.45, 2.75) is 20.0 Å². The van der Waals surface area contributed by atoms with Crippen LogP contribution in [0, 0.1) is 0 Å². The van der Waals surface area contributed by atoms with Crippen molar-refractivity contribution in [1.82, 2.24) is 9.88 Å². The number of amidine groups is 1. The van der Waals surface area contributed by atoms with Crippen LogP contribution in [0.15, 0.2) is 53.8 Å². The average Bonchev–Trinajstić information content (AvgIpc) is 2.94. The zero-order valence-corrected chi connectivity index (χ0v) is 14.1. The summed E-state index contributed by atoms with van der Waals surface area (Å²) in [6.07, 6.45) is 3.46. The van der Waals surface area contributed by atoms with Crippen LogP contribution < -0.4 is 0 Å². The third-order valence-electron chi connectivity index (χ3n) is 3.65. The lowest BCUT2D eigenvalue weighted by molar-refractivity contribution is -0.124. The fourth-order valence-corrected chi connectivity index (χ4v) is 3.28. The van der Waals surface area contributed by atoms with Gasteiger partial charge in [0, 0.05) is 18.0 Å². The molecule has 1 aliphatic heterocycles. The van der Waals surface area contributed by atoms with Crippen molar-refractivity contribution in [3.8, 4) is 0 Å². The molecule has 0 N–H and O–H groups in total. The van der Waals surface area contributed by atoms with Gasteiger partial charge in [0.15, 0.2) is 11.0 Å². The van der Waals surface area contributed by atoms with E-state index in [1.807, 2.05) is 30.3 Å². The molecule has 0 spiro atoms. The highest BCUT2D eigenvalue weighted by Crippen LogP contribution is 2.22. The first-order chi connectivity index (χ1) is 11.6. The Kier molecular flexibility index (Phi) is 5.05. The second-order valence-corrected chi connectivity index (χ2v) is 6.43. The highest BCUT2D eigenvalue weighted by atomic mass is 32.2. The van der Waals surface area contributed by atoms with Gasteiger partial charge in [0.25, 0.3) is 0 Å². The summed E-state index contributed by atoms with van der Waals surface area (Å²) in [5.74, 6) is 0.500. The van der Waals surface area contributed by atoms with Gasteiger partial charge >= 0.3 is 0 Å². The van der Waals surface area contributed by atoms with Crippen LogP contribution in [0.3, 0.4) is 0 Å². The van der Waals surface area contributed by atoms with E-state index in [1.54, 1.807) is 30.3 Å². The van der Waals surface area contributed by atoms with E-state index in [9.17, 15) is 9.59 Å². The number of rotatable bonds is 5. The van der Waals surface area contributed by atoms with Gasteiger partial charge in [0.2, 0.25) is 5.91 Å². The summed E-state index contributed by atoms with van der Waals surface area (Å²) in [7, 11) is 0. The lowest BCUT2D eigenvalue weighted by Crippen LogP contribution is -2.29. The van der Waals surface area contributed by atoms with Crippen LogP contribution in [0.5, 0.6) is 0 Å². The minimum atomic E-state index is 0.0353. The molecule has 6 heteroatoms. The summed E-state index contributed by atoms with van der Waals surface area (Å²) in [5, 5.41) is 0.720. The van der Waals surface area contributed by atoms with E-state index in [4.69, 9.17) is 0 Å². The first-order valence-electron chi connectivity index (χ1n) is 7.60. The molecule has 0 saturated carbocycles. The molecule has 0 atom stereocenters. The molecular formula is C18H17N3O2S. The number of ketones is 1. The maximum atomic E-state index is 12.1. The third kappa shape index (κ3) is 3.89. The lowest BCUT2D eigenvalue weighted by atomic mass is 10.1. The van der Waals surface area contributed by atoms with E-state index in [0.29, 0.717) is 24.4 Å². The molecule has 0 radical (unpaired) electrons. The van der Waals surface area contributed by atoms with Crippen LogP contribution in [0.25, 0.3) is 0 Å². The first kappa shape index (κ1) is 16.4. The topological polar surface area (TPSA) is 62.6 Å². The van der Waals surface area contributed by atoms with E-state index in [-0.39, 0.29) is 11.7 Å². The molecule has 2 aromatic rings. The van der Waals surface area contributed by atoms with Crippen molar-refractivity contribution in [2.75, 3.05) is 5.75 Å². The van der Waals surface area contributed by atoms with Gasteiger partial charge in [-0.15, -0.1) is 0 Å². The number of aliphatic imine (C=N–C) groups is 1. The maximum absolute atomic E-state index is 12.1. The Morgan fingerprint density at radius 3 is 2.88 bits per heavy atom. The molecule has 0 unspecified atom stereocenters. The number of thioether (sulfide) groups is 1. The highest BCUT2D eigenvalue weighted by molar-refractivity contribution is 8.15. The highest BCUT2D eigenvalue weighted by Gasteiger charge is 2.27. The van der Waals surface area contributed by atoms with Crippen molar-refractivity contribution in [3.05, 3.63) is 65.5 Å². The average molecular weight is 339 g/mol. The second-order valence-electron chi connectivity index (χ2n) is 5.49. The molecule has 1 amide bonds. The molecule has 1 aromatic carbocycles. The number of pyridine rings is 1. The van der Waals surface area contributed by atoms with Gasteiger partial charge in [0.1, 0.15) is 0 Å². The molecular weight excluding hydrogens is 322 g/mol. The standard InChI is InChI=1S/C18H17N3O2S/c1-13(22)16-6-2-4-14(8-16)10-20-18-21(17(23)12-24-18)11-15-5-3-7-19-9-15/h2-9H,10-12H2,1H3. The quantitative estimate of drug-likeness (QED) is 0.786. The smallest absolute Gasteiger partial charge is 0.239 e. The molecule has 5 nitrogen and oxygen atoms in total. The SMILES string of the molecule is CC(=O)c1cccc(CN=C2SCC(=O)N2Cc2cccnc2)c1. The van der Waals surface area contributed by atoms with Gasteiger partial charge in [-0.25, -0.2) is 0 Å². The Morgan fingerprint density at radius 2 is 2.12 bits per heavy atom. The molecule has 1 fully saturated rings. The number of benzene rings is 1. The Bertz CT molecular complexity index is 790. The van der Waals surface area contributed by atoms with Gasteiger partial charge in [-0.05, 0) is 30.2 Å². The normalized spacial score (nSPS) is 16.0. The Morgan fingerprint density at radius 1 is 1.29 bits per heavy atom. The number of amides is 1. The summed E-state index contributed by atoms with van der Waals surface area (Å²) in [5.41, 5.74) is 2.60. The summed E-state index contributed by atoms with van der Waals surface area (Å²) in [6, 6.07) is 11.2. The van der Waals surface area contributed by atoms with Crippen LogP contribution >= 0.6 is 11.8 Å². The maximum Gasteiger partial charge on any atom is 0.239 e. The van der Waals surface area contributed by atoms with E-state index in [1.165, 1.54) is 11.8 Å². The molecule has 1 aromatic heterocycles. The Labute approximate surface area is 144 Å². The van der Waals surface area contributed by atoms with Crippen molar-refractivity contribution in [3.63, 3.8) is 0 Å². The zero-order chi connectivity index (χ0) is 16.9. The van der Waals surface area contributed by atoms with Crippen LogP contribution in [0.1, 0.15) is 28.4 Å². The van der Waals surface area contributed by atoms with E-state index < -0.39 is 0 Å². The predicted molar refractivity (Wildman–Crippen MR) is 94.8 cm³/mol. The van der Waals surface area contributed by atoms with Crippen LogP contribution in [-0.4, -0.2) is 32.5 Å². The predicted octanol–water partition coefficient (Wildman–Crippen LogP) is 2.92. The summed E-state index contributed by atoms with van der Waals surface area (Å²) >= 11 is 1.45. The van der Waals surface area contributed by atoms with Crippen molar-refractivity contribution in [2.24, 2.45) is 4.99 Å². The fourth-order valence-electron chi connectivity index (χ4n) is 2.40. The molecule has 3 rings (SSSR count). The van der Waals surface area contributed by atoms with Crippen LogP contribution in [0.2, 0.25) is 0 Å². The number of hydrogen-bond acceptors (Lipinski definition) is 5. The number of carbonyl (C=O) groups excluding carboxylic acids is 2. The summed E-state index contributed by atoms with van der Waals surface area (Å²) in [4.78, 5) is 33.9. The van der Waals surface area contributed by atoms with Crippen molar-refractivity contribution in [1.29, 1.82) is 0 Å². The molecule has 122 valence electrons. The zero-order valence-electron chi connectivity index (χ0n) is 13.3. The fraction of sp³-hybridized carbons (Fsp3) is 0.222. The van der Waals surface area contributed by atoms with Gasteiger partial charge in [-0.1, -0.05) is 36.0 Å². The molecule has 24 heavy (non-hydrogen) atoms. The van der Waals surface area contributed by atoms with Gasteiger partial charge in [0.05, 0.1) is 18.8 Å². The minimum absolute atomic E-state index is 0.0353. The number of aromatic nitrogens is 1. The number of Topliss-reactive ketones (excluding diaryl/α,β-unsaturated/α-hetero) is 1. The summed E-state index contributed by atoms with van der Waals surface area (Å²) in [6.45, 7) is 2.47. The van der Waals surface area contributed by atoms with Gasteiger partial charge in [-0.2, -0.15) is 0 Å². The number of carbonyl (C=O) groups is 2. The van der Waals surface area contributed by atoms with E-state index >= 15 is 0 Å². The van der Waals surface area contributed by atoms with Gasteiger partial charge < -0.3 is 0 Å². The minimum Gasteiger partial charge on any atom is -0.295 e. The molecule has 1 saturated heterocycles. The molecule has 1 aliphatic rings. The van der Waals surface area contributed by atoms with Crippen molar-refractivity contribution >= 4 is 28.6 Å². The Hall–Kier alpha value is -2.47. The molecule has 0 aliphatic carbocycles. The lowest BCUT2D eigenvalue weighted by Gasteiger charge is -2.15. The molecule has 0 bridgehead atoms. The molecule has 2 heterocycles. The van der Waals surface area contributed by atoms with E-state index in [2.05, 4.69) is 9.98 Å². The van der Waals surface area contributed by atoms with Crippen LogP contribution in [0.4, 0.5) is 0 Å². The van der Waals surface area contributed by atoms with Crippen molar-refractivity contribution < 1.29 is 9.59 Å². The van der Waals surface area contributed by atoms with Crippen LogP contribution in [-0.2, 0) is 17.9 Å². The Balaban J connectivity index is 1.74. The third-order valence-corrected chi connectivity index (χ3v) is 4.65. The van der Waals surface area contributed by atoms with E-state index in [0.717, 1.165) is 16.3 Å². The monoisotopic (exact) mass is 339 g/mol. The first-order valence-corrected chi connectivity index (χ1v) is 8.58. The number of nitrogens with zero attached hydrogens (tertiary/aromatic N) is 3. The largest absolute Gasteiger partial charge is 0.295 e. The van der Waals surface area contributed by atoms with Gasteiger partial charge in [-0.3, -0.25) is 24.5 Å². The number of hydrogen-bond donors (Lipinski definition) is 0.